The highest BCUT2D eigenvalue weighted by molar-refractivity contribution is 14.1. The zero-order chi connectivity index (χ0) is 22.1. The Labute approximate surface area is 188 Å². The number of carbonyl (C=O) groups excluding carboxylic acids is 2. The minimum Gasteiger partial charge on any atom is -0.481 e. The molecule has 0 spiro atoms. The number of amides is 1. The minimum atomic E-state index is -0.976. The molecule has 0 saturated heterocycles. The number of halogens is 1. The van der Waals surface area contributed by atoms with Crippen LogP contribution in [0, 0.1) is 5.92 Å². The summed E-state index contributed by atoms with van der Waals surface area (Å²) in [5.41, 5.74) is 1.87. The fraction of sp³-hybridized carbons (Fsp3) is 0.227. The average molecular weight is 523 g/mol. The van der Waals surface area contributed by atoms with E-state index in [1.165, 1.54) is 7.11 Å². The van der Waals surface area contributed by atoms with Crippen molar-refractivity contribution in [2.24, 2.45) is 5.92 Å². The van der Waals surface area contributed by atoms with Gasteiger partial charge in [-0.05, 0) is 52.8 Å². The molecule has 2 aromatic rings. The second-order valence-electron chi connectivity index (χ2n) is 6.43. The van der Waals surface area contributed by atoms with Gasteiger partial charge in [-0.1, -0.05) is 48.5 Å². The second-order valence-corrected chi connectivity index (χ2v) is 7.68. The molecule has 0 fully saturated rings. The van der Waals surface area contributed by atoms with Crippen molar-refractivity contribution in [2.75, 3.05) is 7.11 Å². The molecule has 7 nitrogen and oxygen atoms in total. The molecule has 158 valence electrons. The highest BCUT2D eigenvalue weighted by Gasteiger charge is 2.21. The molecule has 0 aliphatic rings. The standard InChI is InChI=1S/C22H22INO6/c1-14(20(25)26)12-18(23)19(16-8-10-17(11-9-16)21(27)29-2)24-22(28)30-13-15-6-4-3-5-7-15/h3-12,14,19H,13H2,1-2H3,(H,24,28)(H,25,26)/b18-12-/t14-,19?/m1/s1. The third-order valence-corrected chi connectivity index (χ3v) is 5.20. The first kappa shape index (κ1) is 23.4. The molecule has 0 radical (unpaired) electrons. The van der Waals surface area contributed by atoms with Crippen molar-refractivity contribution in [3.8, 4) is 0 Å². The molecule has 8 heteroatoms. The van der Waals surface area contributed by atoms with Crippen LogP contribution in [0.25, 0.3) is 0 Å². The number of carbonyl (C=O) groups is 3. The summed E-state index contributed by atoms with van der Waals surface area (Å²) in [5, 5.41) is 12.0. The van der Waals surface area contributed by atoms with E-state index in [9.17, 15) is 19.5 Å². The first-order chi connectivity index (χ1) is 14.3. The van der Waals surface area contributed by atoms with Crippen molar-refractivity contribution < 1.29 is 29.0 Å². The third-order valence-electron chi connectivity index (χ3n) is 4.21. The lowest BCUT2D eigenvalue weighted by atomic mass is 10.0. The predicted molar refractivity (Wildman–Crippen MR) is 119 cm³/mol. The molecule has 2 rings (SSSR count). The van der Waals surface area contributed by atoms with E-state index in [0.29, 0.717) is 14.7 Å². The van der Waals surface area contributed by atoms with Crippen LogP contribution >= 0.6 is 22.6 Å². The number of methoxy groups -OCH3 is 1. The molecule has 0 bridgehead atoms. The normalized spacial score (nSPS) is 13.1. The van der Waals surface area contributed by atoms with Gasteiger partial charge in [0.2, 0.25) is 0 Å². The molecule has 0 aromatic heterocycles. The number of nitrogens with one attached hydrogen (secondary N) is 1. The maximum absolute atomic E-state index is 12.4. The van der Waals surface area contributed by atoms with Crippen molar-refractivity contribution in [3.63, 3.8) is 0 Å². The Morgan fingerprint density at radius 1 is 1.10 bits per heavy atom. The minimum absolute atomic E-state index is 0.104. The van der Waals surface area contributed by atoms with E-state index in [0.717, 1.165) is 5.56 Å². The average Bonchev–Trinajstić information content (AvgIpc) is 2.76. The number of ether oxygens (including phenoxy) is 2. The van der Waals surface area contributed by atoms with E-state index in [2.05, 4.69) is 5.32 Å². The first-order valence-electron chi connectivity index (χ1n) is 9.07. The number of rotatable bonds is 8. The van der Waals surface area contributed by atoms with E-state index < -0.39 is 30.0 Å². The summed E-state index contributed by atoms with van der Waals surface area (Å²) in [4.78, 5) is 35.3. The largest absolute Gasteiger partial charge is 0.481 e. The van der Waals surface area contributed by atoms with Crippen molar-refractivity contribution in [2.45, 2.75) is 19.6 Å². The number of hydrogen-bond donors (Lipinski definition) is 2. The number of alkyl carbamates (subject to hydrolysis) is 1. The molecule has 0 saturated carbocycles. The third kappa shape index (κ3) is 6.87. The van der Waals surface area contributed by atoms with Gasteiger partial charge in [0.15, 0.2) is 0 Å². The smallest absolute Gasteiger partial charge is 0.408 e. The van der Waals surface area contributed by atoms with Gasteiger partial charge in [0, 0.05) is 3.58 Å². The Morgan fingerprint density at radius 2 is 1.73 bits per heavy atom. The van der Waals surface area contributed by atoms with Gasteiger partial charge in [0.05, 0.1) is 24.6 Å². The summed E-state index contributed by atoms with van der Waals surface area (Å²) in [6, 6.07) is 15.1. The van der Waals surface area contributed by atoms with Crippen LogP contribution in [0.4, 0.5) is 4.79 Å². The summed E-state index contributed by atoms with van der Waals surface area (Å²) < 4.78 is 10.6. The number of carboxylic acid groups (broad SMARTS) is 1. The van der Waals surface area contributed by atoms with Crippen molar-refractivity contribution >= 4 is 40.6 Å². The van der Waals surface area contributed by atoms with Gasteiger partial charge in [-0.15, -0.1) is 0 Å². The van der Waals surface area contributed by atoms with Crippen molar-refractivity contribution in [3.05, 3.63) is 80.9 Å². The van der Waals surface area contributed by atoms with Crippen LogP contribution in [0.2, 0.25) is 0 Å². The zero-order valence-electron chi connectivity index (χ0n) is 16.5. The van der Waals surface area contributed by atoms with Crippen LogP contribution in [0.3, 0.4) is 0 Å². The van der Waals surface area contributed by atoms with Gasteiger partial charge < -0.3 is 19.9 Å². The molecule has 2 aromatic carbocycles. The van der Waals surface area contributed by atoms with E-state index >= 15 is 0 Å². The van der Waals surface area contributed by atoms with Crippen LogP contribution in [0.1, 0.15) is 34.5 Å². The summed E-state index contributed by atoms with van der Waals surface area (Å²) in [6.07, 6.45) is 0.908. The Bertz CT molecular complexity index is 911. The molecule has 0 aliphatic carbocycles. The highest BCUT2D eigenvalue weighted by Crippen LogP contribution is 2.29. The summed E-state index contributed by atoms with van der Waals surface area (Å²) >= 11 is 1.99. The quantitative estimate of drug-likeness (QED) is 0.391. The van der Waals surface area contributed by atoms with Crippen LogP contribution in [0.15, 0.2) is 64.3 Å². The van der Waals surface area contributed by atoms with E-state index in [4.69, 9.17) is 9.47 Å². The Kier molecular flexibility index (Phi) is 8.85. The van der Waals surface area contributed by atoms with E-state index in [1.807, 2.05) is 52.9 Å². The maximum Gasteiger partial charge on any atom is 0.408 e. The number of hydrogen-bond acceptors (Lipinski definition) is 5. The van der Waals surface area contributed by atoms with E-state index in [1.54, 1.807) is 37.3 Å². The summed E-state index contributed by atoms with van der Waals surface area (Å²) in [5.74, 6) is -2.19. The topological polar surface area (TPSA) is 102 Å². The van der Waals surface area contributed by atoms with Crippen molar-refractivity contribution in [1.29, 1.82) is 0 Å². The van der Waals surface area contributed by atoms with Gasteiger partial charge in [0.25, 0.3) is 0 Å². The molecule has 0 aliphatic heterocycles. The van der Waals surface area contributed by atoms with Crippen molar-refractivity contribution in [1.82, 2.24) is 5.32 Å². The molecule has 0 heterocycles. The SMILES string of the molecule is COC(=O)c1ccc(C(NC(=O)OCc2ccccc2)/C(I)=C/[C@@H](C)C(=O)O)cc1. The van der Waals surface area contributed by atoms with Crippen LogP contribution < -0.4 is 5.32 Å². The first-order valence-corrected chi connectivity index (χ1v) is 10.1. The number of esters is 1. The van der Waals surface area contributed by atoms with Gasteiger partial charge in [0.1, 0.15) is 6.61 Å². The zero-order valence-corrected chi connectivity index (χ0v) is 18.7. The predicted octanol–water partition coefficient (Wildman–Crippen LogP) is 4.48. The molecule has 1 amide bonds. The lowest BCUT2D eigenvalue weighted by Crippen LogP contribution is -2.29. The lowest BCUT2D eigenvalue weighted by molar-refractivity contribution is -0.139. The number of benzene rings is 2. The van der Waals surface area contributed by atoms with Gasteiger partial charge in [-0.25, -0.2) is 9.59 Å². The fourth-order valence-electron chi connectivity index (χ4n) is 2.53. The Hall–Kier alpha value is -2.88. The summed E-state index contributed by atoms with van der Waals surface area (Å²) in [7, 11) is 1.29. The van der Waals surface area contributed by atoms with Crippen LogP contribution in [-0.2, 0) is 20.9 Å². The van der Waals surface area contributed by atoms with Gasteiger partial charge in [-0.2, -0.15) is 0 Å². The molecule has 2 atom stereocenters. The Morgan fingerprint density at radius 3 is 2.30 bits per heavy atom. The maximum atomic E-state index is 12.4. The lowest BCUT2D eigenvalue weighted by Gasteiger charge is -2.20. The molecule has 1 unspecified atom stereocenters. The molecular weight excluding hydrogens is 501 g/mol. The van der Waals surface area contributed by atoms with Crippen LogP contribution in [0.5, 0.6) is 0 Å². The molecule has 30 heavy (non-hydrogen) atoms. The van der Waals surface area contributed by atoms with Gasteiger partial charge in [-0.3, -0.25) is 4.79 Å². The fourth-order valence-corrected chi connectivity index (χ4v) is 3.58. The highest BCUT2D eigenvalue weighted by atomic mass is 127. The monoisotopic (exact) mass is 523 g/mol. The van der Waals surface area contributed by atoms with Crippen LogP contribution in [-0.4, -0.2) is 30.2 Å². The number of aliphatic carboxylic acids is 1. The second kappa shape index (κ2) is 11.3. The van der Waals surface area contributed by atoms with Gasteiger partial charge >= 0.3 is 18.0 Å². The molecule has 2 N–H and O–H groups in total. The Balaban J connectivity index is 2.21. The summed E-state index contributed by atoms with van der Waals surface area (Å²) in [6.45, 7) is 1.65. The molecular formula is C22H22INO6. The number of carboxylic acids is 1. The van der Waals surface area contributed by atoms with E-state index in [-0.39, 0.29) is 6.61 Å².